The highest BCUT2D eigenvalue weighted by Gasteiger charge is 2.12. The maximum absolute atomic E-state index is 12.7. The third kappa shape index (κ3) is 4.72. The van der Waals surface area contributed by atoms with Gasteiger partial charge in [0.05, 0.1) is 26.3 Å². The third-order valence-electron chi connectivity index (χ3n) is 3.43. The molecule has 0 radical (unpaired) electrons. The number of quaternary nitrogens is 2. The molecule has 0 atom stereocenters. The van der Waals surface area contributed by atoms with Crippen LogP contribution in [0.3, 0.4) is 0 Å². The van der Waals surface area contributed by atoms with Gasteiger partial charge in [-0.2, -0.15) is 0 Å². The maximum atomic E-state index is 12.7. The van der Waals surface area contributed by atoms with Gasteiger partial charge < -0.3 is 15.0 Å². The molecular weight excluding hydrogens is 231 g/mol. The van der Waals surface area contributed by atoms with Crippen LogP contribution in [0.1, 0.15) is 12.0 Å². The van der Waals surface area contributed by atoms with Crippen LogP contribution in [0.15, 0.2) is 24.3 Å². The summed E-state index contributed by atoms with van der Waals surface area (Å²) < 4.78 is 18.0. The van der Waals surface area contributed by atoms with Crippen LogP contribution in [0.5, 0.6) is 0 Å². The Morgan fingerprint density at radius 2 is 1.89 bits per heavy atom. The van der Waals surface area contributed by atoms with Crippen LogP contribution in [0.4, 0.5) is 4.39 Å². The lowest BCUT2D eigenvalue weighted by Gasteiger charge is -2.23. The molecule has 3 N–H and O–H groups in total. The van der Waals surface area contributed by atoms with Crippen LogP contribution < -0.4 is 10.2 Å². The van der Waals surface area contributed by atoms with Gasteiger partial charge in [0.2, 0.25) is 0 Å². The maximum Gasteiger partial charge on any atom is 0.123 e. The van der Waals surface area contributed by atoms with Crippen molar-refractivity contribution >= 4 is 0 Å². The summed E-state index contributed by atoms with van der Waals surface area (Å²) in [6, 6.07) is 6.78. The van der Waals surface area contributed by atoms with Gasteiger partial charge in [-0.15, -0.1) is 0 Å². The van der Waals surface area contributed by atoms with Crippen LogP contribution in [0.25, 0.3) is 0 Å². The second-order valence-corrected chi connectivity index (χ2v) is 4.87. The van der Waals surface area contributed by atoms with Crippen molar-refractivity contribution in [1.82, 2.24) is 0 Å². The van der Waals surface area contributed by atoms with E-state index < -0.39 is 0 Å². The quantitative estimate of drug-likeness (QED) is 0.639. The number of hydrogen-bond donors (Lipinski definition) is 2. The Kier molecular flexibility index (Phi) is 5.58. The van der Waals surface area contributed by atoms with E-state index in [2.05, 4.69) is 5.32 Å². The van der Waals surface area contributed by atoms with E-state index in [-0.39, 0.29) is 5.82 Å². The summed E-state index contributed by atoms with van der Waals surface area (Å²) >= 11 is 0. The summed E-state index contributed by atoms with van der Waals surface area (Å²) in [5, 5.41) is 2.30. The van der Waals surface area contributed by atoms with Crippen molar-refractivity contribution in [2.24, 2.45) is 0 Å². The summed E-state index contributed by atoms with van der Waals surface area (Å²) in [6.45, 7) is 7.45. The first kappa shape index (κ1) is 13.5. The second kappa shape index (κ2) is 7.46. The number of benzene rings is 1. The molecule has 0 aliphatic carbocycles. The lowest BCUT2D eigenvalue weighted by atomic mass is 10.2. The van der Waals surface area contributed by atoms with Gasteiger partial charge in [-0.1, -0.05) is 12.1 Å². The van der Waals surface area contributed by atoms with Gasteiger partial charge in [-0.3, -0.25) is 0 Å². The highest BCUT2D eigenvalue weighted by Crippen LogP contribution is 2.00. The number of ether oxygens (including phenoxy) is 1. The fraction of sp³-hybridized carbons (Fsp3) is 0.571. The molecule has 4 heteroatoms. The van der Waals surface area contributed by atoms with E-state index in [0.717, 1.165) is 39.4 Å². The van der Waals surface area contributed by atoms with Gasteiger partial charge in [0.1, 0.15) is 25.5 Å². The van der Waals surface area contributed by atoms with Gasteiger partial charge in [0.25, 0.3) is 0 Å². The molecule has 0 amide bonds. The van der Waals surface area contributed by atoms with Gasteiger partial charge in [0.15, 0.2) is 0 Å². The first-order valence-electron chi connectivity index (χ1n) is 6.82. The van der Waals surface area contributed by atoms with Crippen LogP contribution in [-0.4, -0.2) is 39.4 Å². The molecule has 1 aliphatic rings. The van der Waals surface area contributed by atoms with E-state index in [4.69, 9.17) is 4.74 Å². The van der Waals surface area contributed by atoms with E-state index in [1.165, 1.54) is 30.7 Å². The number of morpholine rings is 1. The first-order valence-corrected chi connectivity index (χ1v) is 6.82. The molecule has 100 valence electrons. The molecule has 0 aromatic heterocycles. The zero-order chi connectivity index (χ0) is 12.6. The summed E-state index contributed by atoms with van der Waals surface area (Å²) in [4.78, 5) is 1.66. The zero-order valence-corrected chi connectivity index (χ0v) is 10.8. The van der Waals surface area contributed by atoms with Crippen molar-refractivity contribution in [3.8, 4) is 0 Å². The Bertz CT molecular complexity index is 336. The fourth-order valence-corrected chi connectivity index (χ4v) is 2.30. The van der Waals surface area contributed by atoms with Crippen LogP contribution in [0, 0.1) is 5.82 Å². The van der Waals surface area contributed by atoms with Gasteiger partial charge >= 0.3 is 0 Å². The molecule has 3 nitrogen and oxygen atoms in total. The number of hydrogen-bond acceptors (Lipinski definition) is 1. The molecule has 0 saturated carbocycles. The lowest BCUT2D eigenvalue weighted by molar-refractivity contribution is -0.909. The lowest BCUT2D eigenvalue weighted by Crippen LogP contribution is -3.14. The standard InChI is InChI=1S/C14H21FN2O/c15-14-4-2-13(3-5-14)12-16-6-1-7-17-8-10-18-11-9-17/h2-5,16H,1,6-12H2/p+2. The highest BCUT2D eigenvalue weighted by molar-refractivity contribution is 5.14. The van der Waals surface area contributed by atoms with E-state index in [1.54, 1.807) is 4.90 Å². The Labute approximate surface area is 108 Å². The largest absolute Gasteiger partial charge is 0.370 e. The monoisotopic (exact) mass is 254 g/mol. The number of rotatable bonds is 6. The molecule has 0 spiro atoms. The third-order valence-corrected chi connectivity index (χ3v) is 3.43. The fourth-order valence-electron chi connectivity index (χ4n) is 2.30. The van der Waals surface area contributed by atoms with E-state index in [9.17, 15) is 4.39 Å². The van der Waals surface area contributed by atoms with Gasteiger partial charge in [-0.05, 0) is 12.1 Å². The van der Waals surface area contributed by atoms with Crippen LogP contribution >= 0.6 is 0 Å². The minimum Gasteiger partial charge on any atom is -0.370 e. The second-order valence-electron chi connectivity index (χ2n) is 4.87. The molecule has 1 aromatic rings. The Morgan fingerprint density at radius 1 is 1.17 bits per heavy atom. The van der Waals surface area contributed by atoms with E-state index in [0.29, 0.717) is 0 Å². The average Bonchev–Trinajstić information content (AvgIpc) is 2.42. The first-order chi connectivity index (χ1) is 8.84. The van der Waals surface area contributed by atoms with Crippen molar-refractivity contribution in [2.75, 3.05) is 39.4 Å². The molecule has 1 heterocycles. The topological polar surface area (TPSA) is 30.3 Å². The molecular formula is C14H23FN2O+2. The Hall–Kier alpha value is -0.970. The molecule has 0 unspecified atom stereocenters. The minimum atomic E-state index is -0.158. The zero-order valence-electron chi connectivity index (χ0n) is 10.8. The Balaban J connectivity index is 1.54. The molecule has 1 saturated heterocycles. The summed E-state index contributed by atoms with van der Waals surface area (Å²) in [6.07, 6.45) is 1.23. The van der Waals surface area contributed by atoms with Gasteiger partial charge in [0, 0.05) is 12.0 Å². The van der Waals surface area contributed by atoms with Crippen molar-refractivity contribution in [3.63, 3.8) is 0 Å². The average molecular weight is 254 g/mol. The predicted octanol–water partition coefficient (Wildman–Crippen LogP) is -0.806. The SMILES string of the molecule is Fc1ccc(C[NH2+]CCC[NH+]2CCOCC2)cc1. The molecule has 1 aliphatic heterocycles. The minimum absolute atomic E-state index is 0.158. The summed E-state index contributed by atoms with van der Waals surface area (Å²) in [5.74, 6) is -0.158. The van der Waals surface area contributed by atoms with Crippen LogP contribution in [0.2, 0.25) is 0 Å². The summed E-state index contributed by atoms with van der Waals surface area (Å²) in [7, 11) is 0. The molecule has 0 bridgehead atoms. The van der Waals surface area contributed by atoms with Crippen molar-refractivity contribution in [1.29, 1.82) is 0 Å². The van der Waals surface area contributed by atoms with Gasteiger partial charge in [-0.25, -0.2) is 4.39 Å². The molecule has 1 aromatic carbocycles. The summed E-state index contributed by atoms with van der Waals surface area (Å²) in [5.41, 5.74) is 1.19. The highest BCUT2D eigenvalue weighted by atomic mass is 19.1. The van der Waals surface area contributed by atoms with E-state index in [1.807, 2.05) is 12.1 Å². The Morgan fingerprint density at radius 3 is 2.61 bits per heavy atom. The van der Waals surface area contributed by atoms with Crippen LogP contribution in [-0.2, 0) is 11.3 Å². The number of halogens is 1. The van der Waals surface area contributed by atoms with Crippen molar-refractivity contribution in [3.05, 3.63) is 35.6 Å². The number of nitrogens with two attached hydrogens (primary N) is 1. The molecule has 18 heavy (non-hydrogen) atoms. The van der Waals surface area contributed by atoms with E-state index >= 15 is 0 Å². The smallest absolute Gasteiger partial charge is 0.123 e. The van der Waals surface area contributed by atoms with Crippen molar-refractivity contribution < 1.29 is 19.3 Å². The number of nitrogens with one attached hydrogen (secondary N) is 1. The molecule has 2 rings (SSSR count). The van der Waals surface area contributed by atoms with Crippen molar-refractivity contribution in [2.45, 2.75) is 13.0 Å². The normalized spacial score (nSPS) is 16.9. The molecule has 1 fully saturated rings. The predicted molar refractivity (Wildman–Crippen MR) is 67.9 cm³/mol.